The third-order valence-electron chi connectivity index (χ3n) is 4.06. The monoisotopic (exact) mass is 426 g/mol. The van der Waals surface area contributed by atoms with Gasteiger partial charge in [0.15, 0.2) is 5.65 Å². The number of alkyl halides is 3. The van der Waals surface area contributed by atoms with Crippen LogP contribution in [0.2, 0.25) is 5.02 Å². The van der Waals surface area contributed by atoms with Crippen molar-refractivity contribution in [2.45, 2.75) is 39.9 Å². The van der Waals surface area contributed by atoms with Crippen molar-refractivity contribution >= 4 is 34.4 Å². The Hall–Kier alpha value is -2.39. The van der Waals surface area contributed by atoms with E-state index in [0.717, 1.165) is 12.1 Å². The van der Waals surface area contributed by atoms with E-state index in [4.69, 9.17) is 17.3 Å². The Morgan fingerprint density at radius 2 is 1.86 bits per heavy atom. The van der Waals surface area contributed by atoms with Gasteiger partial charge in [-0.25, -0.2) is 15.0 Å². The Kier molecular flexibility index (Phi) is 5.73. The molecule has 0 saturated heterocycles. The van der Waals surface area contributed by atoms with E-state index in [-0.39, 0.29) is 16.1 Å². The van der Waals surface area contributed by atoms with E-state index in [9.17, 15) is 13.2 Å². The van der Waals surface area contributed by atoms with E-state index < -0.39 is 11.7 Å². The van der Waals surface area contributed by atoms with Crippen LogP contribution in [0, 0.1) is 5.41 Å². The Morgan fingerprint density at radius 1 is 1.14 bits per heavy atom. The first-order valence-electron chi connectivity index (χ1n) is 9.03. The SMILES string of the molecule is CC(C)(C)Cc1ncc2nc(Nc3cc(Cl)cc(C(F)(F)F)c3)n(CCN)c2n1. The summed E-state index contributed by atoms with van der Waals surface area (Å²) in [6, 6.07) is 3.26. The maximum Gasteiger partial charge on any atom is 0.416 e. The van der Waals surface area contributed by atoms with Crippen LogP contribution in [-0.2, 0) is 19.1 Å². The number of rotatable bonds is 5. The van der Waals surface area contributed by atoms with Crippen LogP contribution < -0.4 is 11.1 Å². The highest BCUT2D eigenvalue weighted by Gasteiger charge is 2.31. The Bertz CT molecular complexity index is 1020. The molecule has 0 radical (unpaired) electrons. The summed E-state index contributed by atoms with van der Waals surface area (Å²) >= 11 is 5.87. The van der Waals surface area contributed by atoms with Gasteiger partial charge in [0.1, 0.15) is 11.3 Å². The second-order valence-corrected chi connectivity index (χ2v) is 8.40. The van der Waals surface area contributed by atoms with Crippen LogP contribution in [0.5, 0.6) is 0 Å². The molecule has 10 heteroatoms. The zero-order chi connectivity index (χ0) is 21.4. The van der Waals surface area contributed by atoms with E-state index in [1.807, 2.05) is 0 Å². The molecule has 2 heterocycles. The second-order valence-electron chi connectivity index (χ2n) is 7.96. The Morgan fingerprint density at radius 3 is 2.48 bits per heavy atom. The van der Waals surface area contributed by atoms with E-state index in [1.165, 1.54) is 6.07 Å². The van der Waals surface area contributed by atoms with Crippen molar-refractivity contribution in [1.29, 1.82) is 0 Å². The second kappa shape index (κ2) is 7.79. The number of hydrogen-bond acceptors (Lipinski definition) is 5. The smallest absolute Gasteiger partial charge is 0.329 e. The summed E-state index contributed by atoms with van der Waals surface area (Å²) in [5.41, 5.74) is 6.15. The first-order chi connectivity index (χ1) is 13.5. The standard InChI is InChI=1S/C19H22ClF3N6/c1-18(2,3)9-15-25-10-14-16(28-15)29(5-4-24)17(27-14)26-13-7-11(19(21,22)23)6-12(20)8-13/h6-8,10H,4-5,9,24H2,1-3H3,(H,26,27). The summed E-state index contributed by atoms with van der Waals surface area (Å²) in [7, 11) is 0. The summed E-state index contributed by atoms with van der Waals surface area (Å²) in [6.07, 6.45) is -2.23. The zero-order valence-corrected chi connectivity index (χ0v) is 17.1. The van der Waals surface area contributed by atoms with Crippen LogP contribution >= 0.6 is 11.6 Å². The average molecular weight is 427 g/mol. The summed E-state index contributed by atoms with van der Waals surface area (Å²) in [5, 5.41) is 2.88. The number of nitrogens with two attached hydrogens (primary N) is 1. The van der Waals surface area contributed by atoms with Gasteiger partial charge in [0, 0.05) is 30.2 Å². The minimum Gasteiger partial charge on any atom is -0.329 e. The highest BCUT2D eigenvalue weighted by atomic mass is 35.5. The molecule has 0 unspecified atom stereocenters. The van der Waals surface area contributed by atoms with Gasteiger partial charge in [-0.15, -0.1) is 0 Å². The highest BCUT2D eigenvalue weighted by molar-refractivity contribution is 6.31. The summed E-state index contributed by atoms with van der Waals surface area (Å²) in [6.45, 7) is 6.95. The predicted octanol–water partition coefficient (Wildman–Crippen LogP) is 4.79. The van der Waals surface area contributed by atoms with Gasteiger partial charge < -0.3 is 11.1 Å². The number of nitrogens with one attached hydrogen (secondary N) is 1. The van der Waals surface area contributed by atoms with E-state index in [2.05, 4.69) is 41.0 Å². The lowest BCUT2D eigenvalue weighted by molar-refractivity contribution is -0.137. The number of benzene rings is 1. The molecular formula is C19H22ClF3N6. The molecule has 3 aromatic rings. The molecular weight excluding hydrogens is 405 g/mol. The number of anilines is 2. The molecule has 0 saturated carbocycles. The lowest BCUT2D eigenvalue weighted by Gasteiger charge is -2.16. The minimum absolute atomic E-state index is 0.00224. The molecule has 0 aliphatic heterocycles. The first kappa shape index (κ1) is 21.3. The molecule has 0 amide bonds. The first-order valence-corrected chi connectivity index (χ1v) is 9.41. The lowest BCUT2D eigenvalue weighted by Crippen LogP contribution is -2.15. The predicted molar refractivity (Wildman–Crippen MR) is 107 cm³/mol. The molecule has 6 nitrogen and oxygen atoms in total. The number of nitrogens with zero attached hydrogens (tertiary/aromatic N) is 4. The molecule has 3 N–H and O–H groups in total. The van der Waals surface area contributed by atoms with Gasteiger partial charge in [0.2, 0.25) is 5.95 Å². The number of halogens is 4. The molecule has 1 aromatic carbocycles. The molecule has 3 rings (SSSR count). The van der Waals surface area contributed by atoms with Gasteiger partial charge in [0.25, 0.3) is 0 Å². The third-order valence-corrected chi connectivity index (χ3v) is 4.28. The molecule has 0 aliphatic rings. The number of hydrogen-bond donors (Lipinski definition) is 2. The van der Waals surface area contributed by atoms with E-state index in [1.54, 1.807) is 10.8 Å². The number of fused-ring (bicyclic) bond motifs is 1. The maximum atomic E-state index is 13.1. The zero-order valence-electron chi connectivity index (χ0n) is 16.3. The molecule has 29 heavy (non-hydrogen) atoms. The molecule has 156 valence electrons. The minimum atomic E-state index is -4.51. The van der Waals surface area contributed by atoms with Gasteiger partial charge in [-0.05, 0) is 23.6 Å². The van der Waals surface area contributed by atoms with Crippen molar-refractivity contribution in [3.8, 4) is 0 Å². The molecule has 0 spiro atoms. The van der Waals surface area contributed by atoms with Crippen molar-refractivity contribution in [2.75, 3.05) is 11.9 Å². The molecule has 0 aliphatic carbocycles. The van der Waals surface area contributed by atoms with Crippen LogP contribution in [0.25, 0.3) is 11.2 Å². The molecule has 0 atom stereocenters. The van der Waals surface area contributed by atoms with Gasteiger partial charge >= 0.3 is 6.18 Å². The van der Waals surface area contributed by atoms with Crippen LogP contribution in [-0.4, -0.2) is 26.1 Å². The van der Waals surface area contributed by atoms with Crippen molar-refractivity contribution in [3.05, 3.63) is 40.8 Å². The van der Waals surface area contributed by atoms with E-state index in [0.29, 0.717) is 42.4 Å². The van der Waals surface area contributed by atoms with E-state index >= 15 is 0 Å². The average Bonchev–Trinajstić information content (AvgIpc) is 2.89. The van der Waals surface area contributed by atoms with Crippen LogP contribution in [0.15, 0.2) is 24.4 Å². The largest absolute Gasteiger partial charge is 0.416 e. The number of aromatic nitrogens is 4. The topological polar surface area (TPSA) is 81.7 Å². The fraction of sp³-hybridized carbons (Fsp3) is 0.421. The van der Waals surface area contributed by atoms with Crippen molar-refractivity contribution in [1.82, 2.24) is 19.5 Å². The summed E-state index contributed by atoms with van der Waals surface area (Å²) in [5.74, 6) is 0.986. The molecule has 2 aromatic heterocycles. The molecule has 0 bridgehead atoms. The maximum absolute atomic E-state index is 13.1. The van der Waals surface area contributed by atoms with Crippen LogP contribution in [0.3, 0.4) is 0 Å². The normalized spacial score (nSPS) is 12.6. The van der Waals surface area contributed by atoms with Gasteiger partial charge in [-0.3, -0.25) is 4.57 Å². The highest BCUT2D eigenvalue weighted by Crippen LogP contribution is 2.34. The summed E-state index contributed by atoms with van der Waals surface area (Å²) in [4.78, 5) is 13.4. The van der Waals surface area contributed by atoms with Crippen molar-refractivity contribution < 1.29 is 13.2 Å². The number of imidazole rings is 1. The quantitative estimate of drug-likeness (QED) is 0.613. The fourth-order valence-electron chi connectivity index (χ4n) is 2.90. The van der Waals surface area contributed by atoms with Crippen molar-refractivity contribution in [3.63, 3.8) is 0 Å². The van der Waals surface area contributed by atoms with Crippen LogP contribution in [0.4, 0.5) is 24.8 Å². The Labute approximate surface area is 171 Å². The van der Waals surface area contributed by atoms with Gasteiger partial charge in [-0.1, -0.05) is 32.4 Å². The van der Waals surface area contributed by atoms with Gasteiger partial charge in [0.05, 0.1) is 11.8 Å². The summed E-state index contributed by atoms with van der Waals surface area (Å²) < 4.78 is 41.0. The van der Waals surface area contributed by atoms with Crippen LogP contribution in [0.1, 0.15) is 32.2 Å². The fourth-order valence-corrected chi connectivity index (χ4v) is 3.14. The van der Waals surface area contributed by atoms with Gasteiger partial charge in [-0.2, -0.15) is 13.2 Å². The molecule has 0 fully saturated rings. The third kappa shape index (κ3) is 5.16. The Balaban J connectivity index is 2.03. The van der Waals surface area contributed by atoms with Crippen molar-refractivity contribution in [2.24, 2.45) is 11.1 Å². The lowest BCUT2D eigenvalue weighted by atomic mass is 9.92.